The van der Waals surface area contributed by atoms with E-state index in [1.807, 2.05) is 17.5 Å². The number of thiophene rings is 1. The van der Waals surface area contributed by atoms with E-state index in [1.165, 1.54) is 30.2 Å². The van der Waals surface area contributed by atoms with Gasteiger partial charge in [-0.15, -0.1) is 11.3 Å². The summed E-state index contributed by atoms with van der Waals surface area (Å²) in [6.07, 6.45) is 2.18. The molecule has 1 aromatic heterocycles. The van der Waals surface area contributed by atoms with Crippen molar-refractivity contribution in [3.63, 3.8) is 0 Å². The lowest BCUT2D eigenvalue weighted by atomic mass is 10.2. The summed E-state index contributed by atoms with van der Waals surface area (Å²) < 4.78 is 10.9. The highest BCUT2D eigenvalue weighted by atomic mass is 32.1. The van der Waals surface area contributed by atoms with Crippen molar-refractivity contribution in [1.29, 1.82) is 0 Å². The highest BCUT2D eigenvalue weighted by Gasteiger charge is 2.22. The van der Waals surface area contributed by atoms with Gasteiger partial charge in [-0.25, -0.2) is 0 Å². The fraction of sp³-hybridized carbons (Fsp3) is 0.421. The lowest BCUT2D eigenvalue weighted by Crippen LogP contribution is -2.37. The number of rotatable bonds is 9. The van der Waals surface area contributed by atoms with Crippen LogP contribution in [0, 0.1) is 10.1 Å². The molecule has 1 atom stereocenters. The van der Waals surface area contributed by atoms with Gasteiger partial charge in [-0.05, 0) is 30.4 Å². The number of nitrogens with one attached hydrogen (secondary N) is 1. The van der Waals surface area contributed by atoms with Crippen molar-refractivity contribution >= 4 is 28.6 Å². The number of nitro benzene ring substituents is 1. The van der Waals surface area contributed by atoms with Crippen LogP contribution in [0.25, 0.3) is 0 Å². The van der Waals surface area contributed by atoms with E-state index in [1.54, 1.807) is 11.3 Å². The molecule has 28 heavy (non-hydrogen) atoms. The number of ether oxygens (including phenoxy) is 2. The van der Waals surface area contributed by atoms with Crippen molar-refractivity contribution in [2.24, 2.45) is 0 Å². The van der Waals surface area contributed by atoms with Crippen LogP contribution < -0.4 is 10.1 Å². The molecular weight excluding hydrogens is 382 g/mol. The zero-order valence-corrected chi connectivity index (χ0v) is 16.4. The lowest BCUT2D eigenvalue weighted by Gasteiger charge is -2.24. The Morgan fingerprint density at radius 3 is 2.96 bits per heavy atom. The van der Waals surface area contributed by atoms with Gasteiger partial charge in [0.05, 0.1) is 36.4 Å². The maximum atomic E-state index is 12.6. The molecule has 1 aliphatic heterocycles. The summed E-state index contributed by atoms with van der Waals surface area (Å²) in [5.74, 6) is 0.0492. The van der Waals surface area contributed by atoms with Crippen molar-refractivity contribution in [3.05, 3.63) is 50.7 Å². The minimum Gasteiger partial charge on any atom is -0.494 e. The topological polar surface area (TPSA) is 93.9 Å². The quantitative estimate of drug-likeness (QED) is 0.508. The summed E-state index contributed by atoms with van der Waals surface area (Å²) in [6, 6.07) is 8.16. The average molecular weight is 405 g/mol. The number of amides is 1. The van der Waals surface area contributed by atoms with E-state index in [2.05, 4.69) is 10.2 Å². The van der Waals surface area contributed by atoms with Gasteiger partial charge in [-0.1, -0.05) is 6.07 Å². The first-order valence-electron chi connectivity index (χ1n) is 9.04. The Balaban J connectivity index is 1.66. The lowest BCUT2D eigenvalue weighted by molar-refractivity contribution is -0.384. The second-order valence-corrected chi connectivity index (χ2v) is 7.61. The summed E-state index contributed by atoms with van der Waals surface area (Å²) in [6.45, 7) is 2.31. The van der Waals surface area contributed by atoms with Crippen molar-refractivity contribution in [1.82, 2.24) is 4.90 Å². The number of hydrogen-bond donors (Lipinski definition) is 1. The van der Waals surface area contributed by atoms with Crippen molar-refractivity contribution in [2.45, 2.75) is 25.5 Å². The van der Waals surface area contributed by atoms with Gasteiger partial charge in [0.25, 0.3) is 5.69 Å². The van der Waals surface area contributed by atoms with E-state index in [0.717, 1.165) is 19.4 Å². The van der Waals surface area contributed by atoms with Gasteiger partial charge >= 0.3 is 0 Å². The van der Waals surface area contributed by atoms with Crippen LogP contribution in [-0.4, -0.2) is 48.6 Å². The van der Waals surface area contributed by atoms with Crippen LogP contribution in [0.4, 0.5) is 11.4 Å². The number of methoxy groups -OCH3 is 1. The standard InChI is InChI=1S/C19H23N3O5S/c1-26-18-10-14(22(24)25)6-7-17(18)20-19(23)13-21(11-15-4-2-8-27-15)12-16-5-3-9-28-16/h3,5-7,9-10,15H,2,4,8,11-13H2,1H3,(H,20,23)/t15-/m1/s1. The van der Waals surface area contributed by atoms with E-state index >= 15 is 0 Å². The molecule has 1 aliphatic rings. The van der Waals surface area contributed by atoms with Gasteiger partial charge in [0.2, 0.25) is 5.91 Å². The molecule has 0 bridgehead atoms. The number of nitro groups is 1. The maximum absolute atomic E-state index is 12.6. The number of nitrogens with zero attached hydrogens (tertiary/aromatic N) is 2. The molecule has 1 aromatic carbocycles. The molecule has 9 heteroatoms. The third kappa shape index (κ3) is 5.51. The second-order valence-electron chi connectivity index (χ2n) is 6.57. The Kier molecular flexibility index (Phi) is 6.96. The Bertz CT molecular complexity index is 806. The van der Waals surface area contributed by atoms with Gasteiger partial charge in [0, 0.05) is 30.6 Å². The second kappa shape index (κ2) is 9.63. The number of anilines is 1. The molecule has 1 saturated heterocycles. The highest BCUT2D eigenvalue weighted by Crippen LogP contribution is 2.29. The van der Waals surface area contributed by atoms with E-state index in [9.17, 15) is 14.9 Å². The van der Waals surface area contributed by atoms with Crippen LogP contribution in [-0.2, 0) is 16.1 Å². The summed E-state index contributed by atoms with van der Waals surface area (Å²) in [4.78, 5) is 26.3. The molecule has 1 fully saturated rings. The molecule has 0 aliphatic carbocycles. The Labute approximate surface area is 167 Å². The SMILES string of the molecule is COc1cc([N+](=O)[O-])ccc1NC(=O)CN(Cc1cccs1)C[C@H]1CCCO1. The number of non-ortho nitro benzene ring substituents is 1. The third-order valence-electron chi connectivity index (χ3n) is 4.48. The van der Waals surface area contributed by atoms with E-state index in [4.69, 9.17) is 9.47 Å². The third-order valence-corrected chi connectivity index (χ3v) is 5.34. The van der Waals surface area contributed by atoms with Gasteiger partial charge in [0.15, 0.2) is 0 Å². The molecule has 0 saturated carbocycles. The minimum absolute atomic E-state index is 0.0902. The monoisotopic (exact) mass is 405 g/mol. The van der Waals surface area contributed by atoms with Crippen LogP contribution >= 0.6 is 11.3 Å². The summed E-state index contributed by atoms with van der Waals surface area (Å²) in [5.41, 5.74) is 0.318. The fourth-order valence-corrected chi connectivity index (χ4v) is 3.92. The molecule has 0 spiro atoms. The van der Waals surface area contributed by atoms with Gasteiger partial charge in [-0.2, -0.15) is 0 Å². The molecule has 2 aromatic rings. The molecule has 2 heterocycles. The van der Waals surface area contributed by atoms with Crippen molar-refractivity contribution in [3.8, 4) is 5.75 Å². The van der Waals surface area contributed by atoms with E-state index in [-0.39, 0.29) is 30.0 Å². The molecule has 0 unspecified atom stereocenters. The van der Waals surface area contributed by atoms with Gasteiger partial charge in [-0.3, -0.25) is 19.8 Å². The smallest absolute Gasteiger partial charge is 0.273 e. The molecule has 1 amide bonds. The Hall–Kier alpha value is -2.49. The normalized spacial score (nSPS) is 16.3. The zero-order valence-electron chi connectivity index (χ0n) is 15.6. The van der Waals surface area contributed by atoms with Crippen LogP contribution in [0.15, 0.2) is 35.7 Å². The summed E-state index contributed by atoms with van der Waals surface area (Å²) >= 11 is 1.65. The largest absolute Gasteiger partial charge is 0.494 e. The number of carbonyl (C=O) groups excluding carboxylic acids is 1. The van der Waals surface area contributed by atoms with Crippen molar-refractivity contribution in [2.75, 3.05) is 32.1 Å². The zero-order chi connectivity index (χ0) is 19.9. The van der Waals surface area contributed by atoms with Crippen LogP contribution in [0.3, 0.4) is 0 Å². The number of hydrogen-bond acceptors (Lipinski definition) is 7. The average Bonchev–Trinajstić information content (AvgIpc) is 3.36. The van der Waals surface area contributed by atoms with Crippen LogP contribution in [0.5, 0.6) is 5.75 Å². The highest BCUT2D eigenvalue weighted by molar-refractivity contribution is 7.09. The first-order valence-corrected chi connectivity index (χ1v) is 9.91. The summed E-state index contributed by atoms with van der Waals surface area (Å²) in [5, 5.41) is 15.7. The molecular formula is C19H23N3O5S. The van der Waals surface area contributed by atoms with Gasteiger partial charge < -0.3 is 14.8 Å². The molecule has 0 radical (unpaired) electrons. The Morgan fingerprint density at radius 2 is 2.32 bits per heavy atom. The van der Waals surface area contributed by atoms with E-state index in [0.29, 0.717) is 18.8 Å². The van der Waals surface area contributed by atoms with E-state index < -0.39 is 4.92 Å². The Morgan fingerprint density at radius 1 is 1.46 bits per heavy atom. The first-order chi connectivity index (χ1) is 13.5. The number of benzene rings is 1. The molecule has 8 nitrogen and oxygen atoms in total. The predicted octanol–water partition coefficient (Wildman–Crippen LogP) is 3.28. The molecule has 3 rings (SSSR count). The van der Waals surface area contributed by atoms with Crippen LogP contribution in [0.2, 0.25) is 0 Å². The number of carbonyl (C=O) groups is 1. The van der Waals surface area contributed by atoms with Crippen LogP contribution in [0.1, 0.15) is 17.7 Å². The van der Waals surface area contributed by atoms with Crippen molar-refractivity contribution < 1.29 is 19.2 Å². The molecule has 150 valence electrons. The first kappa shape index (κ1) is 20.2. The minimum atomic E-state index is -0.502. The maximum Gasteiger partial charge on any atom is 0.273 e. The van der Waals surface area contributed by atoms with Gasteiger partial charge in [0.1, 0.15) is 5.75 Å². The predicted molar refractivity (Wildman–Crippen MR) is 107 cm³/mol. The molecule has 1 N–H and O–H groups in total. The fourth-order valence-electron chi connectivity index (χ4n) is 3.17. The summed E-state index contributed by atoms with van der Waals surface area (Å²) in [7, 11) is 1.41.